The predicted molar refractivity (Wildman–Crippen MR) is 66.6 cm³/mol. The van der Waals surface area contributed by atoms with E-state index in [-0.39, 0.29) is 5.92 Å². The van der Waals surface area contributed by atoms with Gasteiger partial charge in [-0.2, -0.15) is 5.26 Å². The van der Waals surface area contributed by atoms with Gasteiger partial charge in [0.05, 0.1) is 26.4 Å². The molecule has 0 radical (unpaired) electrons. The van der Waals surface area contributed by atoms with Gasteiger partial charge >= 0.3 is 0 Å². The van der Waals surface area contributed by atoms with E-state index in [1.165, 1.54) is 0 Å². The summed E-state index contributed by atoms with van der Waals surface area (Å²) in [4.78, 5) is 0. The zero-order valence-corrected chi connectivity index (χ0v) is 10.6. The summed E-state index contributed by atoms with van der Waals surface area (Å²) < 4.78 is 10.5. The molecule has 0 bridgehead atoms. The number of benzene rings is 1. The zero-order valence-electron chi connectivity index (χ0n) is 10.6. The molecule has 0 aromatic heterocycles. The molecule has 1 N–H and O–H groups in total. The number of para-hydroxylation sites is 1. The highest BCUT2D eigenvalue weighted by molar-refractivity contribution is 5.50. The first-order valence-electron chi connectivity index (χ1n) is 6.01. The molecule has 2 unspecified atom stereocenters. The molecule has 4 nitrogen and oxygen atoms in total. The van der Waals surface area contributed by atoms with Crippen molar-refractivity contribution < 1.29 is 14.6 Å². The maximum absolute atomic E-state index is 10.2. The Hall–Kier alpha value is -1.73. The minimum Gasteiger partial charge on any atom is -0.493 e. The molecule has 1 aliphatic carbocycles. The normalized spacial score (nSPS) is 17.7. The van der Waals surface area contributed by atoms with Crippen molar-refractivity contribution in [3.05, 3.63) is 23.8 Å². The molecule has 0 aliphatic heterocycles. The van der Waals surface area contributed by atoms with Crippen molar-refractivity contribution in [2.45, 2.75) is 24.9 Å². The van der Waals surface area contributed by atoms with E-state index in [0.717, 1.165) is 12.8 Å². The van der Waals surface area contributed by atoms with Crippen LogP contribution in [0.5, 0.6) is 11.5 Å². The van der Waals surface area contributed by atoms with Crippen LogP contribution in [-0.4, -0.2) is 25.4 Å². The second kappa shape index (κ2) is 5.28. The summed E-state index contributed by atoms with van der Waals surface area (Å²) in [6.45, 7) is 0. The lowest BCUT2D eigenvalue weighted by atomic mass is 9.91. The summed E-state index contributed by atoms with van der Waals surface area (Å²) in [5.74, 6) is 0.789. The van der Waals surface area contributed by atoms with E-state index in [0.29, 0.717) is 17.1 Å². The van der Waals surface area contributed by atoms with Gasteiger partial charge in [0.2, 0.25) is 0 Å². The van der Waals surface area contributed by atoms with E-state index >= 15 is 0 Å². The number of rotatable bonds is 5. The lowest BCUT2D eigenvalue weighted by Crippen LogP contribution is -2.20. The van der Waals surface area contributed by atoms with Gasteiger partial charge in [-0.1, -0.05) is 12.1 Å². The third-order valence-corrected chi connectivity index (χ3v) is 3.35. The van der Waals surface area contributed by atoms with Gasteiger partial charge in [-0.25, -0.2) is 0 Å². The predicted octanol–water partition coefficient (Wildman–Crippen LogP) is 2.08. The highest BCUT2D eigenvalue weighted by atomic mass is 16.5. The Balaban J connectivity index is 2.38. The van der Waals surface area contributed by atoms with E-state index in [2.05, 4.69) is 6.07 Å². The minimum absolute atomic E-state index is 0.241. The monoisotopic (exact) mass is 247 g/mol. The lowest BCUT2D eigenvalue weighted by molar-refractivity contribution is 0.137. The van der Waals surface area contributed by atoms with Gasteiger partial charge in [-0.15, -0.1) is 0 Å². The molecule has 0 saturated heterocycles. The maximum Gasteiger partial charge on any atom is 0.165 e. The number of hydrogen-bond acceptors (Lipinski definition) is 4. The van der Waals surface area contributed by atoms with Gasteiger partial charge in [-0.05, 0) is 24.8 Å². The molecule has 1 aliphatic rings. The summed E-state index contributed by atoms with van der Waals surface area (Å²) in [6.07, 6.45) is 1.35. The molecule has 1 saturated carbocycles. The SMILES string of the molecule is COc1cccc(C(C#N)C(O)C2CC2)c1OC. The number of hydrogen-bond donors (Lipinski definition) is 1. The van der Waals surface area contributed by atoms with E-state index in [9.17, 15) is 10.4 Å². The first-order chi connectivity index (χ1) is 8.72. The smallest absolute Gasteiger partial charge is 0.165 e. The average Bonchev–Trinajstić information content (AvgIpc) is 3.23. The molecule has 0 spiro atoms. The Morgan fingerprint density at radius 1 is 1.33 bits per heavy atom. The molecule has 1 aromatic carbocycles. The second-order valence-electron chi connectivity index (χ2n) is 4.52. The number of methoxy groups -OCH3 is 2. The van der Waals surface area contributed by atoms with Crippen molar-refractivity contribution in [2.24, 2.45) is 5.92 Å². The Morgan fingerprint density at radius 3 is 2.56 bits per heavy atom. The van der Waals surface area contributed by atoms with E-state index in [4.69, 9.17) is 9.47 Å². The van der Waals surface area contributed by atoms with Crippen molar-refractivity contribution in [3.8, 4) is 17.6 Å². The van der Waals surface area contributed by atoms with Crippen molar-refractivity contribution in [1.29, 1.82) is 5.26 Å². The summed E-state index contributed by atoms with van der Waals surface area (Å²) >= 11 is 0. The first kappa shape index (κ1) is 12.7. The van der Waals surface area contributed by atoms with Crippen LogP contribution in [0.3, 0.4) is 0 Å². The van der Waals surface area contributed by atoms with Crippen LogP contribution in [0, 0.1) is 17.2 Å². The molecule has 0 heterocycles. The number of ether oxygens (including phenoxy) is 2. The maximum atomic E-state index is 10.2. The van der Waals surface area contributed by atoms with Crippen LogP contribution in [0.4, 0.5) is 0 Å². The topological polar surface area (TPSA) is 62.5 Å². The Bertz CT molecular complexity index is 463. The quantitative estimate of drug-likeness (QED) is 0.865. The molecule has 18 heavy (non-hydrogen) atoms. The van der Waals surface area contributed by atoms with Gasteiger partial charge in [0.1, 0.15) is 5.92 Å². The first-order valence-corrected chi connectivity index (χ1v) is 6.01. The number of aliphatic hydroxyl groups is 1. The Kier molecular flexibility index (Phi) is 3.73. The molecular weight excluding hydrogens is 230 g/mol. The van der Waals surface area contributed by atoms with Gasteiger partial charge in [0, 0.05) is 5.56 Å². The number of nitriles is 1. The van der Waals surface area contributed by atoms with Crippen molar-refractivity contribution in [3.63, 3.8) is 0 Å². The van der Waals surface area contributed by atoms with Crippen LogP contribution in [0.25, 0.3) is 0 Å². The second-order valence-corrected chi connectivity index (χ2v) is 4.52. The fraction of sp³-hybridized carbons (Fsp3) is 0.500. The zero-order chi connectivity index (χ0) is 13.1. The molecule has 1 fully saturated rings. The number of aliphatic hydroxyl groups excluding tert-OH is 1. The van der Waals surface area contributed by atoms with Gasteiger partial charge in [0.25, 0.3) is 0 Å². The fourth-order valence-corrected chi connectivity index (χ4v) is 2.20. The summed E-state index contributed by atoms with van der Waals surface area (Å²) in [7, 11) is 3.10. The Labute approximate surface area is 107 Å². The third kappa shape index (κ3) is 2.27. The van der Waals surface area contributed by atoms with E-state index in [1.54, 1.807) is 32.4 Å². The van der Waals surface area contributed by atoms with Gasteiger partial charge in [0.15, 0.2) is 11.5 Å². The van der Waals surface area contributed by atoms with Crippen LogP contribution in [0.2, 0.25) is 0 Å². The molecule has 96 valence electrons. The van der Waals surface area contributed by atoms with Gasteiger partial charge in [-0.3, -0.25) is 0 Å². The highest BCUT2D eigenvalue weighted by Gasteiger charge is 2.37. The standard InChI is InChI=1S/C14H17NO3/c1-17-12-5-3-4-10(14(12)18-2)11(8-15)13(16)9-6-7-9/h3-5,9,11,13,16H,6-7H2,1-2H3. The molecule has 4 heteroatoms. The van der Waals surface area contributed by atoms with Crippen LogP contribution in [0.15, 0.2) is 18.2 Å². The van der Waals surface area contributed by atoms with Crippen LogP contribution in [-0.2, 0) is 0 Å². The van der Waals surface area contributed by atoms with Crippen molar-refractivity contribution in [1.82, 2.24) is 0 Å². The summed E-state index contributed by atoms with van der Waals surface area (Å²) in [6, 6.07) is 7.57. The molecule has 0 amide bonds. The minimum atomic E-state index is -0.629. The molecule has 2 rings (SSSR count). The molecule has 2 atom stereocenters. The summed E-state index contributed by atoms with van der Waals surface area (Å²) in [5, 5.41) is 19.5. The van der Waals surface area contributed by atoms with Crippen molar-refractivity contribution >= 4 is 0 Å². The van der Waals surface area contributed by atoms with Crippen LogP contribution < -0.4 is 9.47 Å². The molecule has 1 aromatic rings. The lowest BCUT2D eigenvalue weighted by Gasteiger charge is -2.20. The van der Waals surface area contributed by atoms with E-state index in [1.807, 2.05) is 0 Å². The third-order valence-electron chi connectivity index (χ3n) is 3.35. The van der Waals surface area contributed by atoms with Crippen molar-refractivity contribution in [2.75, 3.05) is 14.2 Å². The number of nitrogens with zero attached hydrogens (tertiary/aromatic N) is 1. The Morgan fingerprint density at radius 2 is 2.06 bits per heavy atom. The van der Waals surface area contributed by atoms with Gasteiger partial charge < -0.3 is 14.6 Å². The van der Waals surface area contributed by atoms with E-state index < -0.39 is 12.0 Å². The largest absolute Gasteiger partial charge is 0.493 e. The fourth-order valence-electron chi connectivity index (χ4n) is 2.20. The average molecular weight is 247 g/mol. The molecular formula is C14H17NO3. The van der Waals surface area contributed by atoms with Crippen LogP contribution >= 0.6 is 0 Å². The summed E-state index contributed by atoms with van der Waals surface area (Å²) in [5.41, 5.74) is 0.693. The van der Waals surface area contributed by atoms with Crippen LogP contribution in [0.1, 0.15) is 24.3 Å². The highest BCUT2D eigenvalue weighted by Crippen LogP contribution is 2.43.